The fraction of sp³-hybridized carbons (Fsp3) is 0. The molecule has 0 fully saturated rings. The first kappa shape index (κ1) is 7.60. The fourth-order valence-corrected chi connectivity index (χ4v) is 1.06. The quantitative estimate of drug-likeness (QED) is 0.598. The molecule has 66 valence electrons. The van der Waals surface area contributed by atoms with E-state index in [2.05, 4.69) is 15.2 Å². The van der Waals surface area contributed by atoms with Gasteiger partial charge in [-0.15, -0.1) is 5.10 Å². The van der Waals surface area contributed by atoms with Gasteiger partial charge in [0.2, 0.25) is 5.95 Å². The minimum atomic E-state index is 0.187. The molecule has 2 aromatic rings. The molecule has 5 heteroatoms. The number of nitrogens with two attached hydrogens (primary N) is 1. The number of hydrogen-bond donors (Lipinski definition) is 3. The van der Waals surface area contributed by atoms with Gasteiger partial charge in [0.25, 0.3) is 0 Å². The van der Waals surface area contributed by atoms with Crippen LogP contribution in [0.15, 0.2) is 24.3 Å². The van der Waals surface area contributed by atoms with Gasteiger partial charge in [-0.2, -0.15) is 4.98 Å². The second-order valence-corrected chi connectivity index (χ2v) is 2.59. The van der Waals surface area contributed by atoms with E-state index in [0.717, 1.165) is 5.56 Å². The van der Waals surface area contributed by atoms with Crippen LogP contribution in [0.1, 0.15) is 0 Å². The van der Waals surface area contributed by atoms with Crippen LogP contribution in [0.25, 0.3) is 11.4 Å². The van der Waals surface area contributed by atoms with Gasteiger partial charge in [-0.05, 0) is 12.1 Å². The second kappa shape index (κ2) is 2.78. The summed E-state index contributed by atoms with van der Waals surface area (Å²) in [6, 6.07) is 6.70. The molecule has 0 amide bonds. The Morgan fingerprint density at radius 1 is 1.38 bits per heavy atom. The van der Waals surface area contributed by atoms with Crippen molar-refractivity contribution in [2.45, 2.75) is 0 Å². The SMILES string of the molecule is Nc1n[nH]c(-c2cccc(O)c2)n1. The first-order valence-electron chi connectivity index (χ1n) is 3.73. The maximum atomic E-state index is 9.19. The molecule has 5 nitrogen and oxygen atoms in total. The molecule has 1 aromatic heterocycles. The number of nitrogens with one attached hydrogen (secondary N) is 1. The summed E-state index contributed by atoms with van der Waals surface area (Å²) in [5, 5.41) is 15.5. The lowest BCUT2D eigenvalue weighted by atomic mass is 10.2. The number of hydrogen-bond acceptors (Lipinski definition) is 4. The molecule has 0 aliphatic heterocycles. The number of aromatic nitrogens is 3. The second-order valence-electron chi connectivity index (χ2n) is 2.59. The zero-order valence-electron chi connectivity index (χ0n) is 6.73. The molecule has 0 aliphatic rings. The molecule has 0 unspecified atom stereocenters. The van der Waals surface area contributed by atoms with Crippen LogP contribution in [0.4, 0.5) is 5.95 Å². The van der Waals surface area contributed by atoms with Crippen LogP contribution in [-0.4, -0.2) is 20.3 Å². The lowest BCUT2D eigenvalue weighted by Crippen LogP contribution is -1.85. The molecule has 1 heterocycles. The normalized spacial score (nSPS) is 10.2. The van der Waals surface area contributed by atoms with Crippen LogP contribution in [0.3, 0.4) is 0 Å². The number of nitrogen functional groups attached to an aromatic ring is 1. The number of nitrogens with zero attached hydrogens (tertiary/aromatic N) is 2. The Balaban J connectivity index is 2.46. The van der Waals surface area contributed by atoms with Gasteiger partial charge >= 0.3 is 0 Å². The minimum absolute atomic E-state index is 0.187. The lowest BCUT2D eigenvalue weighted by molar-refractivity contribution is 0.475. The molecule has 0 spiro atoms. The van der Waals surface area contributed by atoms with E-state index < -0.39 is 0 Å². The van der Waals surface area contributed by atoms with E-state index in [0.29, 0.717) is 5.82 Å². The number of rotatable bonds is 1. The van der Waals surface area contributed by atoms with Crippen LogP contribution in [0.5, 0.6) is 5.75 Å². The monoisotopic (exact) mass is 176 g/mol. The standard InChI is InChI=1S/C8H8N4O/c9-8-10-7(11-12-8)5-2-1-3-6(13)4-5/h1-4,13H,(H3,9,10,11,12). The predicted molar refractivity (Wildman–Crippen MR) is 47.9 cm³/mol. The Bertz CT molecular complexity index is 424. The van der Waals surface area contributed by atoms with Crippen LogP contribution >= 0.6 is 0 Å². The predicted octanol–water partition coefficient (Wildman–Crippen LogP) is 0.759. The number of phenolic OH excluding ortho intramolecular Hbond substituents is 1. The molecule has 0 atom stereocenters. The highest BCUT2D eigenvalue weighted by atomic mass is 16.3. The third-order valence-corrected chi connectivity index (χ3v) is 1.62. The average Bonchev–Trinajstić information content (AvgIpc) is 2.52. The Kier molecular flexibility index (Phi) is 1.63. The maximum Gasteiger partial charge on any atom is 0.239 e. The number of phenols is 1. The van der Waals surface area contributed by atoms with Crippen LogP contribution in [0.2, 0.25) is 0 Å². The smallest absolute Gasteiger partial charge is 0.239 e. The summed E-state index contributed by atoms with van der Waals surface area (Å²) in [6.45, 7) is 0. The van der Waals surface area contributed by atoms with Crippen molar-refractivity contribution in [2.24, 2.45) is 0 Å². The highest BCUT2D eigenvalue weighted by Crippen LogP contribution is 2.19. The van der Waals surface area contributed by atoms with Gasteiger partial charge in [0.15, 0.2) is 5.82 Å². The van der Waals surface area contributed by atoms with Gasteiger partial charge in [0.1, 0.15) is 5.75 Å². The van der Waals surface area contributed by atoms with E-state index in [1.165, 1.54) is 0 Å². The molecule has 0 saturated carbocycles. The largest absolute Gasteiger partial charge is 0.508 e. The van der Waals surface area contributed by atoms with E-state index in [1.54, 1.807) is 24.3 Å². The van der Waals surface area contributed by atoms with Crippen molar-refractivity contribution < 1.29 is 5.11 Å². The number of aromatic hydroxyl groups is 1. The van der Waals surface area contributed by atoms with E-state index in [9.17, 15) is 5.11 Å². The van der Waals surface area contributed by atoms with Gasteiger partial charge in [-0.1, -0.05) is 12.1 Å². The fourth-order valence-electron chi connectivity index (χ4n) is 1.06. The van der Waals surface area contributed by atoms with Crippen molar-refractivity contribution in [3.05, 3.63) is 24.3 Å². The third kappa shape index (κ3) is 1.44. The summed E-state index contributed by atoms with van der Waals surface area (Å²) in [5.74, 6) is 0.930. The lowest BCUT2D eigenvalue weighted by Gasteiger charge is -1.95. The molecule has 1 aromatic carbocycles. The summed E-state index contributed by atoms with van der Waals surface area (Å²) in [5.41, 5.74) is 6.09. The zero-order valence-corrected chi connectivity index (χ0v) is 6.73. The van der Waals surface area contributed by atoms with Crippen molar-refractivity contribution in [3.8, 4) is 17.1 Å². The van der Waals surface area contributed by atoms with Crippen LogP contribution < -0.4 is 5.73 Å². The molecule has 2 rings (SSSR count). The number of H-pyrrole nitrogens is 1. The van der Waals surface area contributed by atoms with Gasteiger partial charge in [0.05, 0.1) is 0 Å². The highest BCUT2D eigenvalue weighted by Gasteiger charge is 2.02. The Labute approximate surface area is 74.2 Å². The first-order valence-corrected chi connectivity index (χ1v) is 3.73. The van der Waals surface area contributed by atoms with E-state index in [4.69, 9.17) is 5.73 Å². The zero-order chi connectivity index (χ0) is 9.26. The van der Waals surface area contributed by atoms with Gasteiger partial charge in [0, 0.05) is 5.56 Å². The molecular formula is C8H8N4O. The average molecular weight is 176 g/mol. The summed E-state index contributed by atoms with van der Waals surface area (Å²) in [7, 11) is 0. The minimum Gasteiger partial charge on any atom is -0.508 e. The van der Waals surface area contributed by atoms with Gasteiger partial charge < -0.3 is 10.8 Å². The molecule has 13 heavy (non-hydrogen) atoms. The Hall–Kier alpha value is -2.04. The third-order valence-electron chi connectivity index (χ3n) is 1.62. The van der Waals surface area contributed by atoms with Gasteiger partial charge in [-0.3, -0.25) is 5.10 Å². The molecule has 0 aliphatic carbocycles. The van der Waals surface area contributed by atoms with Crippen molar-refractivity contribution >= 4 is 5.95 Å². The Morgan fingerprint density at radius 3 is 2.85 bits per heavy atom. The van der Waals surface area contributed by atoms with Crippen molar-refractivity contribution in [1.82, 2.24) is 15.2 Å². The van der Waals surface area contributed by atoms with E-state index in [1.807, 2.05) is 0 Å². The van der Waals surface area contributed by atoms with Gasteiger partial charge in [-0.25, -0.2) is 0 Å². The highest BCUT2D eigenvalue weighted by molar-refractivity contribution is 5.57. The molecule has 0 bridgehead atoms. The maximum absolute atomic E-state index is 9.19. The number of anilines is 1. The first-order chi connectivity index (χ1) is 6.25. The number of aromatic amines is 1. The summed E-state index contributed by atoms with van der Waals surface area (Å²) >= 11 is 0. The van der Waals surface area contributed by atoms with E-state index in [-0.39, 0.29) is 11.7 Å². The summed E-state index contributed by atoms with van der Waals surface area (Å²) in [6.07, 6.45) is 0. The molecule has 0 radical (unpaired) electrons. The summed E-state index contributed by atoms with van der Waals surface area (Å²) < 4.78 is 0. The van der Waals surface area contributed by atoms with Crippen LogP contribution in [-0.2, 0) is 0 Å². The van der Waals surface area contributed by atoms with Crippen molar-refractivity contribution in [2.75, 3.05) is 5.73 Å². The number of benzene rings is 1. The Morgan fingerprint density at radius 2 is 2.23 bits per heavy atom. The topological polar surface area (TPSA) is 87.8 Å². The molecule has 0 saturated heterocycles. The molecular weight excluding hydrogens is 168 g/mol. The summed E-state index contributed by atoms with van der Waals surface area (Å²) in [4.78, 5) is 3.92. The van der Waals surface area contributed by atoms with E-state index >= 15 is 0 Å². The van der Waals surface area contributed by atoms with Crippen molar-refractivity contribution in [3.63, 3.8) is 0 Å². The van der Waals surface area contributed by atoms with Crippen molar-refractivity contribution in [1.29, 1.82) is 0 Å². The van der Waals surface area contributed by atoms with Crippen LogP contribution in [0, 0.1) is 0 Å². The molecule has 4 N–H and O–H groups in total.